The topological polar surface area (TPSA) is 61.7 Å². The summed E-state index contributed by atoms with van der Waals surface area (Å²) < 4.78 is 12.3. The lowest BCUT2D eigenvalue weighted by Crippen LogP contribution is -2.14. The molecule has 0 unspecified atom stereocenters. The summed E-state index contributed by atoms with van der Waals surface area (Å²) in [7, 11) is 0. The molecule has 4 aromatic heterocycles. The van der Waals surface area contributed by atoms with Crippen molar-refractivity contribution < 1.29 is 4.42 Å². The van der Waals surface area contributed by atoms with Gasteiger partial charge < -0.3 is 13.6 Å². The molecule has 6 heteroatoms. The van der Waals surface area contributed by atoms with Gasteiger partial charge in [-0.1, -0.05) is 166 Å². The lowest BCUT2D eigenvalue weighted by Gasteiger charge is -2.21. The van der Waals surface area contributed by atoms with E-state index in [1.807, 2.05) is 36.4 Å². The molecule has 9 aromatic carbocycles. The van der Waals surface area contributed by atoms with E-state index in [0.717, 1.165) is 72.1 Å². The zero-order valence-electron chi connectivity index (χ0n) is 36.2. The molecule has 0 saturated heterocycles. The molecular formula is C60H39N5O. The maximum absolute atomic E-state index is 7.52. The molecule has 0 N–H and O–H groups in total. The summed E-state index contributed by atoms with van der Waals surface area (Å²) in [4.78, 5) is 15.6. The summed E-state index contributed by atoms with van der Waals surface area (Å²) in [5.74, 6) is 1.79. The second-order valence-corrected chi connectivity index (χ2v) is 17.9. The number of para-hydroxylation sites is 4. The maximum atomic E-state index is 7.52. The number of rotatable bonds is 5. The first-order chi connectivity index (χ1) is 32.5. The van der Waals surface area contributed by atoms with Crippen LogP contribution in [0.5, 0.6) is 0 Å². The Hall–Kier alpha value is -8.61. The maximum Gasteiger partial charge on any atom is 0.164 e. The Bertz CT molecular complexity index is 4030. The van der Waals surface area contributed by atoms with Crippen molar-refractivity contribution in [2.45, 2.75) is 19.3 Å². The van der Waals surface area contributed by atoms with Crippen LogP contribution >= 0.6 is 0 Å². The van der Waals surface area contributed by atoms with Gasteiger partial charge in [0.15, 0.2) is 28.6 Å². The number of benzene rings is 9. The number of furan rings is 1. The van der Waals surface area contributed by atoms with E-state index < -0.39 is 0 Å². The molecule has 0 atom stereocenters. The molecule has 0 radical (unpaired) electrons. The van der Waals surface area contributed by atoms with Crippen LogP contribution in [-0.2, 0) is 5.41 Å². The van der Waals surface area contributed by atoms with Crippen molar-refractivity contribution in [2.75, 3.05) is 0 Å². The molecule has 66 heavy (non-hydrogen) atoms. The standard InChI is InChI=1S/C60H39N5O/c1-60(2)46-27-13-9-22-38(46)44-34-45-41-25-12-16-30-50(41)65(53(45)35-47(44)60)51-31-17-26-42-54-43(59-62-57(36-18-5-3-6-19-36)61-58(63-59)37-20-7-4-8-21-37)32-33-52(56(54)66-55(42)51)64-48-28-14-10-23-39(48)40-24-11-15-29-49(40)64/h3-35H,1-2H3. The van der Waals surface area contributed by atoms with Crippen LogP contribution in [0.25, 0.3) is 122 Å². The van der Waals surface area contributed by atoms with Gasteiger partial charge in [-0.15, -0.1) is 0 Å². The molecule has 0 saturated carbocycles. The second kappa shape index (κ2) is 13.7. The normalized spacial score (nSPS) is 13.1. The van der Waals surface area contributed by atoms with Crippen LogP contribution in [0, 0.1) is 0 Å². The first kappa shape index (κ1) is 36.8. The number of fused-ring (bicyclic) bond motifs is 12. The molecule has 0 spiro atoms. The Morgan fingerprint density at radius 2 is 0.879 bits per heavy atom. The van der Waals surface area contributed by atoms with Crippen LogP contribution in [-0.4, -0.2) is 24.1 Å². The van der Waals surface area contributed by atoms with Crippen molar-refractivity contribution in [3.05, 3.63) is 211 Å². The number of nitrogens with zero attached hydrogens (tertiary/aromatic N) is 5. The van der Waals surface area contributed by atoms with Crippen LogP contribution in [0.15, 0.2) is 205 Å². The van der Waals surface area contributed by atoms with Crippen molar-refractivity contribution in [1.82, 2.24) is 24.1 Å². The highest BCUT2D eigenvalue weighted by molar-refractivity contribution is 6.19. The lowest BCUT2D eigenvalue weighted by molar-refractivity contribution is 0.660. The number of hydrogen-bond donors (Lipinski definition) is 0. The van der Waals surface area contributed by atoms with E-state index in [1.165, 1.54) is 43.8 Å². The lowest BCUT2D eigenvalue weighted by atomic mass is 9.82. The van der Waals surface area contributed by atoms with Crippen molar-refractivity contribution in [1.29, 1.82) is 0 Å². The van der Waals surface area contributed by atoms with Gasteiger partial charge in [0.2, 0.25) is 0 Å². The summed E-state index contributed by atoms with van der Waals surface area (Å²) in [6.45, 7) is 4.70. The molecule has 0 aliphatic heterocycles. The van der Waals surface area contributed by atoms with E-state index in [9.17, 15) is 0 Å². The van der Waals surface area contributed by atoms with Gasteiger partial charge in [-0.05, 0) is 70.8 Å². The van der Waals surface area contributed by atoms with Crippen LogP contribution in [0.4, 0.5) is 0 Å². The zero-order chi connectivity index (χ0) is 43.7. The van der Waals surface area contributed by atoms with E-state index in [-0.39, 0.29) is 5.41 Å². The van der Waals surface area contributed by atoms with Crippen molar-refractivity contribution >= 4 is 65.6 Å². The molecule has 4 heterocycles. The van der Waals surface area contributed by atoms with Gasteiger partial charge in [-0.25, -0.2) is 15.0 Å². The second-order valence-electron chi connectivity index (χ2n) is 17.9. The molecule has 1 aliphatic rings. The van der Waals surface area contributed by atoms with E-state index in [2.05, 4.69) is 187 Å². The fraction of sp³-hybridized carbons (Fsp3) is 0.0500. The zero-order valence-corrected chi connectivity index (χ0v) is 36.2. The largest absolute Gasteiger partial charge is 0.452 e. The minimum Gasteiger partial charge on any atom is -0.452 e. The third-order valence-electron chi connectivity index (χ3n) is 14.0. The Balaban J connectivity index is 1.10. The third-order valence-corrected chi connectivity index (χ3v) is 14.0. The Kier molecular flexibility index (Phi) is 7.64. The summed E-state index contributed by atoms with van der Waals surface area (Å²) in [6, 6.07) is 71.0. The average molecular weight is 846 g/mol. The summed E-state index contributed by atoms with van der Waals surface area (Å²) in [6.07, 6.45) is 0. The number of hydrogen-bond acceptors (Lipinski definition) is 4. The minimum absolute atomic E-state index is 0.166. The number of aromatic nitrogens is 5. The van der Waals surface area contributed by atoms with E-state index >= 15 is 0 Å². The molecular weight excluding hydrogens is 807 g/mol. The van der Waals surface area contributed by atoms with Crippen molar-refractivity contribution in [2.24, 2.45) is 0 Å². The van der Waals surface area contributed by atoms with Crippen LogP contribution in [0.3, 0.4) is 0 Å². The highest BCUT2D eigenvalue weighted by atomic mass is 16.3. The van der Waals surface area contributed by atoms with Gasteiger partial charge in [0, 0.05) is 54.4 Å². The van der Waals surface area contributed by atoms with E-state index in [4.69, 9.17) is 19.4 Å². The SMILES string of the molecule is CC1(C)c2ccccc2-c2cc3c4ccccc4n(-c4cccc5c4oc4c(-n6c7ccccc7c7ccccc76)ccc(-c6nc(-c7ccccc7)nc(-c7ccccc7)n6)c45)c3cc21. The molecule has 310 valence electrons. The first-order valence-electron chi connectivity index (χ1n) is 22.5. The molecule has 14 rings (SSSR count). The molecule has 0 amide bonds. The van der Waals surface area contributed by atoms with Gasteiger partial charge in [0.05, 0.1) is 33.4 Å². The first-order valence-corrected chi connectivity index (χ1v) is 22.5. The predicted octanol–water partition coefficient (Wildman–Crippen LogP) is 15.3. The molecule has 13 aromatic rings. The van der Waals surface area contributed by atoms with Crippen LogP contribution in [0.2, 0.25) is 0 Å². The highest BCUT2D eigenvalue weighted by Gasteiger charge is 2.36. The molecule has 1 aliphatic carbocycles. The predicted molar refractivity (Wildman–Crippen MR) is 270 cm³/mol. The van der Waals surface area contributed by atoms with E-state index in [0.29, 0.717) is 17.5 Å². The third kappa shape index (κ3) is 5.15. The van der Waals surface area contributed by atoms with Crippen LogP contribution in [0.1, 0.15) is 25.0 Å². The van der Waals surface area contributed by atoms with E-state index in [1.54, 1.807) is 0 Å². The summed E-state index contributed by atoms with van der Waals surface area (Å²) in [5, 5.41) is 6.69. The van der Waals surface area contributed by atoms with Crippen LogP contribution < -0.4 is 0 Å². The Morgan fingerprint density at radius 1 is 0.364 bits per heavy atom. The van der Waals surface area contributed by atoms with Crippen molar-refractivity contribution in [3.8, 4) is 56.7 Å². The molecule has 0 fully saturated rings. The Morgan fingerprint density at radius 3 is 1.53 bits per heavy atom. The summed E-state index contributed by atoms with van der Waals surface area (Å²) >= 11 is 0. The van der Waals surface area contributed by atoms with Gasteiger partial charge >= 0.3 is 0 Å². The van der Waals surface area contributed by atoms with Gasteiger partial charge in [0.25, 0.3) is 0 Å². The van der Waals surface area contributed by atoms with Gasteiger partial charge in [-0.3, -0.25) is 0 Å². The minimum atomic E-state index is -0.166. The fourth-order valence-corrected chi connectivity index (χ4v) is 10.9. The molecule has 6 nitrogen and oxygen atoms in total. The Labute approximate surface area is 379 Å². The monoisotopic (exact) mass is 845 g/mol. The van der Waals surface area contributed by atoms with Gasteiger partial charge in [-0.2, -0.15) is 0 Å². The molecule has 0 bridgehead atoms. The fourth-order valence-electron chi connectivity index (χ4n) is 10.9. The highest BCUT2D eigenvalue weighted by Crippen LogP contribution is 2.52. The smallest absolute Gasteiger partial charge is 0.164 e. The van der Waals surface area contributed by atoms with Crippen molar-refractivity contribution in [3.63, 3.8) is 0 Å². The summed E-state index contributed by atoms with van der Waals surface area (Å²) in [5.41, 5.74) is 15.7. The van der Waals surface area contributed by atoms with Gasteiger partial charge in [0.1, 0.15) is 0 Å². The average Bonchev–Trinajstić information content (AvgIpc) is 4.09. The quantitative estimate of drug-likeness (QED) is 0.173.